The molecule has 1 aliphatic carbocycles. The molecular formula is C13H16BrN3O2. The Hall–Kier alpha value is -1.56. The average molecular weight is 326 g/mol. The number of carbonyl (C=O) groups is 2. The molecule has 2 N–H and O–H groups in total. The number of aromatic nitrogens is 1. The summed E-state index contributed by atoms with van der Waals surface area (Å²) in [5.74, 6) is -0.102. The molecule has 5 nitrogen and oxygen atoms in total. The Morgan fingerprint density at radius 2 is 2.11 bits per heavy atom. The number of hydrazine groups is 1. The van der Waals surface area contributed by atoms with Crippen molar-refractivity contribution < 1.29 is 9.59 Å². The smallest absolute Gasteiger partial charge is 0.286 e. The molecule has 0 aromatic carbocycles. The number of hydrogen-bond acceptors (Lipinski definition) is 2. The topological polar surface area (TPSA) is 63.1 Å². The summed E-state index contributed by atoms with van der Waals surface area (Å²) in [5, 5.41) is 0. The molecule has 102 valence electrons. The molecule has 0 saturated heterocycles. The zero-order valence-electron chi connectivity index (χ0n) is 10.9. The number of rotatable bonds is 3. The number of nitrogens with zero attached hydrogens (tertiary/aromatic N) is 1. The SMILES string of the molecule is C/C(=C\C(=O)NNC(=O)c1cc(Br)cn1C)C1CC1. The van der Waals surface area contributed by atoms with E-state index in [0.717, 1.165) is 22.9 Å². The molecule has 1 saturated carbocycles. The highest BCUT2D eigenvalue weighted by Gasteiger charge is 2.23. The summed E-state index contributed by atoms with van der Waals surface area (Å²) in [6, 6.07) is 1.69. The van der Waals surface area contributed by atoms with Gasteiger partial charge in [0, 0.05) is 23.8 Å². The van der Waals surface area contributed by atoms with Crippen molar-refractivity contribution in [3.63, 3.8) is 0 Å². The van der Waals surface area contributed by atoms with E-state index in [2.05, 4.69) is 26.8 Å². The third-order valence-electron chi connectivity index (χ3n) is 3.08. The Bertz CT molecular complexity index is 544. The first kappa shape index (κ1) is 13.9. The van der Waals surface area contributed by atoms with Gasteiger partial charge in [0.05, 0.1) is 0 Å². The van der Waals surface area contributed by atoms with Crippen LogP contribution in [0.2, 0.25) is 0 Å². The van der Waals surface area contributed by atoms with Crippen LogP contribution in [0, 0.1) is 5.92 Å². The Labute approximate surface area is 120 Å². The fourth-order valence-electron chi connectivity index (χ4n) is 1.83. The van der Waals surface area contributed by atoms with Crippen LogP contribution in [0.3, 0.4) is 0 Å². The van der Waals surface area contributed by atoms with E-state index < -0.39 is 0 Å². The molecule has 6 heteroatoms. The second-order valence-electron chi connectivity index (χ2n) is 4.76. The maximum absolute atomic E-state index is 11.8. The Morgan fingerprint density at radius 3 is 2.63 bits per heavy atom. The van der Waals surface area contributed by atoms with Gasteiger partial charge in [-0.1, -0.05) is 5.57 Å². The van der Waals surface area contributed by atoms with Crippen molar-refractivity contribution in [2.45, 2.75) is 19.8 Å². The van der Waals surface area contributed by atoms with E-state index in [1.165, 1.54) is 0 Å². The first-order valence-corrected chi connectivity index (χ1v) is 6.87. The van der Waals surface area contributed by atoms with E-state index in [1.807, 2.05) is 6.92 Å². The minimum Gasteiger partial charge on any atom is -0.345 e. The van der Waals surface area contributed by atoms with Gasteiger partial charge >= 0.3 is 0 Å². The summed E-state index contributed by atoms with van der Waals surface area (Å²) in [6.07, 6.45) is 5.62. The number of hydrogen-bond donors (Lipinski definition) is 2. The fourth-order valence-corrected chi connectivity index (χ4v) is 2.36. The van der Waals surface area contributed by atoms with Gasteiger partial charge in [0.1, 0.15) is 5.69 Å². The van der Waals surface area contributed by atoms with E-state index in [1.54, 1.807) is 30.0 Å². The summed E-state index contributed by atoms with van der Waals surface area (Å²) < 4.78 is 2.49. The first-order chi connectivity index (χ1) is 8.97. The standard InChI is InChI=1S/C13H16BrN3O2/c1-8(9-3-4-9)5-12(18)15-16-13(19)11-6-10(14)7-17(11)2/h5-7,9H,3-4H2,1-2H3,(H,15,18)(H,16,19)/b8-5+. The molecule has 0 radical (unpaired) electrons. The minimum absolute atomic E-state index is 0.300. The van der Waals surface area contributed by atoms with Crippen molar-refractivity contribution in [3.05, 3.63) is 34.1 Å². The van der Waals surface area contributed by atoms with E-state index in [-0.39, 0.29) is 11.8 Å². The van der Waals surface area contributed by atoms with Crippen LogP contribution in [0.1, 0.15) is 30.3 Å². The van der Waals surface area contributed by atoms with Crippen LogP contribution < -0.4 is 10.9 Å². The molecule has 0 aliphatic heterocycles. The largest absolute Gasteiger partial charge is 0.345 e. The molecule has 0 unspecified atom stereocenters. The van der Waals surface area contributed by atoms with Gasteiger partial charge in [0.15, 0.2) is 0 Å². The predicted molar refractivity (Wildman–Crippen MR) is 75.2 cm³/mol. The zero-order valence-corrected chi connectivity index (χ0v) is 12.5. The van der Waals surface area contributed by atoms with Gasteiger partial charge in [-0.25, -0.2) is 0 Å². The van der Waals surface area contributed by atoms with Gasteiger partial charge in [0.25, 0.3) is 11.8 Å². The molecular weight excluding hydrogens is 310 g/mol. The number of aryl methyl sites for hydroxylation is 1. The van der Waals surface area contributed by atoms with Crippen molar-refractivity contribution in [2.24, 2.45) is 13.0 Å². The lowest BCUT2D eigenvalue weighted by atomic mass is 10.2. The summed E-state index contributed by atoms with van der Waals surface area (Å²) >= 11 is 3.29. The van der Waals surface area contributed by atoms with Crippen LogP contribution in [0.5, 0.6) is 0 Å². The molecule has 19 heavy (non-hydrogen) atoms. The van der Waals surface area contributed by atoms with E-state index >= 15 is 0 Å². The quantitative estimate of drug-likeness (QED) is 0.658. The van der Waals surface area contributed by atoms with Crippen molar-refractivity contribution >= 4 is 27.7 Å². The highest BCUT2D eigenvalue weighted by molar-refractivity contribution is 9.10. The lowest BCUT2D eigenvalue weighted by Crippen LogP contribution is -2.41. The van der Waals surface area contributed by atoms with Crippen LogP contribution in [-0.2, 0) is 11.8 Å². The lowest BCUT2D eigenvalue weighted by Gasteiger charge is -2.06. The number of halogens is 1. The van der Waals surface area contributed by atoms with Gasteiger partial charge in [-0.05, 0) is 47.7 Å². The summed E-state index contributed by atoms with van der Waals surface area (Å²) in [7, 11) is 1.76. The monoisotopic (exact) mass is 325 g/mol. The van der Waals surface area contributed by atoms with Gasteiger partial charge < -0.3 is 4.57 Å². The Balaban J connectivity index is 1.88. The average Bonchev–Trinajstić information content (AvgIpc) is 3.12. The Kier molecular flexibility index (Phi) is 4.09. The normalized spacial score (nSPS) is 15.2. The molecule has 1 aliphatic rings. The third kappa shape index (κ3) is 3.70. The van der Waals surface area contributed by atoms with Gasteiger partial charge in [0.2, 0.25) is 0 Å². The molecule has 1 heterocycles. The summed E-state index contributed by atoms with van der Waals surface area (Å²) in [5.41, 5.74) is 6.31. The highest BCUT2D eigenvalue weighted by Crippen LogP contribution is 2.35. The predicted octanol–water partition coefficient (Wildman–Crippen LogP) is 1.90. The van der Waals surface area contributed by atoms with Crippen LogP contribution in [0.25, 0.3) is 0 Å². The second-order valence-corrected chi connectivity index (χ2v) is 5.68. The number of nitrogens with one attached hydrogen (secondary N) is 2. The summed E-state index contributed by atoms with van der Waals surface area (Å²) in [4.78, 5) is 23.4. The summed E-state index contributed by atoms with van der Waals surface area (Å²) in [6.45, 7) is 1.94. The molecule has 0 spiro atoms. The molecule has 2 rings (SSSR count). The zero-order chi connectivity index (χ0) is 14.0. The van der Waals surface area contributed by atoms with E-state index in [0.29, 0.717) is 11.6 Å². The Morgan fingerprint density at radius 1 is 1.42 bits per heavy atom. The van der Waals surface area contributed by atoms with E-state index in [9.17, 15) is 9.59 Å². The van der Waals surface area contributed by atoms with Crippen LogP contribution in [0.4, 0.5) is 0 Å². The molecule has 1 aromatic rings. The van der Waals surface area contributed by atoms with Crippen LogP contribution >= 0.6 is 15.9 Å². The number of carbonyl (C=O) groups excluding carboxylic acids is 2. The van der Waals surface area contributed by atoms with Crippen molar-refractivity contribution in [3.8, 4) is 0 Å². The van der Waals surface area contributed by atoms with Crippen molar-refractivity contribution in [2.75, 3.05) is 0 Å². The maximum Gasteiger partial charge on any atom is 0.286 e. The molecule has 0 bridgehead atoms. The molecule has 1 fully saturated rings. The highest BCUT2D eigenvalue weighted by atomic mass is 79.9. The van der Waals surface area contributed by atoms with Crippen LogP contribution in [0.15, 0.2) is 28.4 Å². The fraction of sp³-hybridized carbons (Fsp3) is 0.385. The van der Waals surface area contributed by atoms with Crippen LogP contribution in [-0.4, -0.2) is 16.4 Å². The molecule has 1 aromatic heterocycles. The first-order valence-electron chi connectivity index (χ1n) is 6.07. The van der Waals surface area contributed by atoms with Gasteiger partial charge in [-0.3, -0.25) is 20.4 Å². The molecule has 0 atom stereocenters. The second kappa shape index (κ2) is 5.61. The van der Waals surface area contributed by atoms with Gasteiger partial charge in [-0.15, -0.1) is 0 Å². The molecule has 2 amide bonds. The van der Waals surface area contributed by atoms with Crippen molar-refractivity contribution in [1.29, 1.82) is 0 Å². The maximum atomic E-state index is 11.8. The van der Waals surface area contributed by atoms with E-state index in [4.69, 9.17) is 0 Å². The minimum atomic E-state index is -0.348. The van der Waals surface area contributed by atoms with Gasteiger partial charge in [-0.2, -0.15) is 0 Å². The lowest BCUT2D eigenvalue weighted by molar-refractivity contribution is -0.117. The number of allylic oxidation sites excluding steroid dienone is 1. The third-order valence-corrected chi connectivity index (χ3v) is 3.52. The number of amides is 2. The van der Waals surface area contributed by atoms with Crippen molar-refractivity contribution in [1.82, 2.24) is 15.4 Å².